The van der Waals surface area contributed by atoms with Crippen LogP contribution < -0.4 is 0 Å². The summed E-state index contributed by atoms with van der Waals surface area (Å²) in [7, 11) is -2.52. The zero-order chi connectivity index (χ0) is 6.85. The molecule has 0 aliphatic carbocycles. The number of thiol groups is 1. The quantitative estimate of drug-likeness (QED) is 0.396. The minimum Gasteiger partial charge on any atom is -0.302 e. The van der Waals surface area contributed by atoms with Crippen molar-refractivity contribution >= 4 is 17.2 Å². The van der Waals surface area contributed by atoms with E-state index in [0.717, 1.165) is 4.31 Å². The molecule has 4 nitrogen and oxygen atoms in total. The van der Waals surface area contributed by atoms with Crippen molar-refractivity contribution in [1.29, 1.82) is 0 Å². The average molecular weight is 149 g/mol. The summed E-state index contributed by atoms with van der Waals surface area (Å²) in [6, 6.07) is -0.369. The third-order valence-electron chi connectivity index (χ3n) is 1.40. The van der Waals surface area contributed by atoms with Crippen LogP contribution in [0.15, 0.2) is 0 Å². The largest absolute Gasteiger partial charge is 0.302 e. The molecule has 52 valence electrons. The number of carbonyl (C=O) groups excluding carboxylic acids is 1. The van der Waals surface area contributed by atoms with E-state index in [4.69, 9.17) is 0 Å². The Hall–Kier alpha value is -0.420. The minimum atomic E-state index is -2.52. The molecule has 1 heterocycles. The van der Waals surface area contributed by atoms with E-state index >= 15 is 0 Å². The van der Waals surface area contributed by atoms with Crippen LogP contribution in [-0.4, -0.2) is 31.6 Å². The van der Waals surface area contributed by atoms with Gasteiger partial charge in [-0.05, 0) is 6.42 Å². The molecule has 0 spiro atoms. The molecule has 0 bridgehead atoms. The SMILES string of the molecule is O=CC1CCN1[SH](=O)=O. The Morgan fingerprint density at radius 3 is 2.33 bits per heavy atom. The fourth-order valence-corrected chi connectivity index (χ4v) is 1.43. The van der Waals surface area contributed by atoms with Crippen LogP contribution in [0.25, 0.3) is 0 Å². The molecule has 1 saturated heterocycles. The van der Waals surface area contributed by atoms with Crippen LogP contribution >= 0.6 is 0 Å². The molecule has 1 unspecified atom stereocenters. The zero-order valence-electron chi connectivity index (χ0n) is 4.69. The lowest BCUT2D eigenvalue weighted by molar-refractivity contribution is -0.113. The first kappa shape index (κ1) is 6.70. The second kappa shape index (κ2) is 2.45. The van der Waals surface area contributed by atoms with Gasteiger partial charge in [0.2, 0.25) is 10.9 Å². The molecule has 1 fully saturated rings. The summed E-state index contributed by atoms with van der Waals surface area (Å²) in [5.41, 5.74) is 0. The van der Waals surface area contributed by atoms with Crippen molar-refractivity contribution in [3.63, 3.8) is 0 Å². The summed E-state index contributed by atoms with van der Waals surface area (Å²) in [4.78, 5) is 9.99. The van der Waals surface area contributed by atoms with Gasteiger partial charge in [-0.3, -0.25) is 0 Å². The molecule has 0 saturated carbocycles. The summed E-state index contributed by atoms with van der Waals surface area (Å²) in [6.45, 7) is 0.502. The van der Waals surface area contributed by atoms with E-state index in [1.54, 1.807) is 0 Å². The molecule has 1 aliphatic heterocycles. The fourth-order valence-electron chi connectivity index (χ4n) is 0.735. The molecule has 1 aliphatic rings. The van der Waals surface area contributed by atoms with Crippen molar-refractivity contribution in [2.45, 2.75) is 12.5 Å². The second-order valence-electron chi connectivity index (χ2n) is 1.89. The van der Waals surface area contributed by atoms with Crippen molar-refractivity contribution in [3.8, 4) is 0 Å². The zero-order valence-corrected chi connectivity index (χ0v) is 5.58. The summed E-state index contributed by atoms with van der Waals surface area (Å²) in [6.07, 6.45) is 1.33. The van der Waals surface area contributed by atoms with Gasteiger partial charge >= 0.3 is 0 Å². The lowest BCUT2D eigenvalue weighted by atomic mass is 10.1. The Bertz CT molecular complexity index is 180. The highest BCUT2D eigenvalue weighted by Gasteiger charge is 2.29. The monoisotopic (exact) mass is 149 g/mol. The van der Waals surface area contributed by atoms with E-state index in [2.05, 4.69) is 0 Å². The fraction of sp³-hybridized carbons (Fsp3) is 0.750. The minimum absolute atomic E-state index is 0.369. The maximum absolute atomic E-state index is 10.2. The molecule has 0 amide bonds. The normalized spacial score (nSPS) is 27.9. The van der Waals surface area contributed by atoms with Gasteiger partial charge in [0.05, 0.1) is 6.04 Å². The van der Waals surface area contributed by atoms with Crippen LogP contribution in [0.4, 0.5) is 0 Å². The van der Waals surface area contributed by atoms with E-state index in [9.17, 15) is 13.2 Å². The predicted octanol–water partition coefficient (Wildman–Crippen LogP) is -1.21. The molecule has 1 rings (SSSR count). The number of carbonyl (C=O) groups is 1. The van der Waals surface area contributed by atoms with Crippen molar-refractivity contribution in [3.05, 3.63) is 0 Å². The van der Waals surface area contributed by atoms with Gasteiger partial charge in [0.25, 0.3) is 0 Å². The van der Waals surface area contributed by atoms with Crippen molar-refractivity contribution in [2.75, 3.05) is 6.54 Å². The predicted molar refractivity (Wildman–Crippen MR) is 31.5 cm³/mol. The van der Waals surface area contributed by atoms with Crippen molar-refractivity contribution in [1.82, 2.24) is 4.31 Å². The Morgan fingerprint density at radius 1 is 1.56 bits per heavy atom. The van der Waals surface area contributed by atoms with Gasteiger partial charge in [0, 0.05) is 6.54 Å². The molecular formula is C4H7NO3S. The highest BCUT2D eigenvalue weighted by Crippen LogP contribution is 2.13. The molecule has 0 aromatic rings. The number of hydrogen-bond acceptors (Lipinski definition) is 3. The van der Waals surface area contributed by atoms with Crippen LogP contribution in [-0.2, 0) is 15.7 Å². The van der Waals surface area contributed by atoms with E-state index in [1.807, 2.05) is 0 Å². The van der Waals surface area contributed by atoms with Crippen LogP contribution in [0.3, 0.4) is 0 Å². The topological polar surface area (TPSA) is 54.5 Å². The van der Waals surface area contributed by atoms with Gasteiger partial charge < -0.3 is 4.79 Å². The highest BCUT2D eigenvalue weighted by molar-refractivity contribution is 7.70. The van der Waals surface area contributed by atoms with Gasteiger partial charge in [0.15, 0.2) is 0 Å². The Balaban J connectivity index is 2.54. The molecule has 9 heavy (non-hydrogen) atoms. The van der Waals surface area contributed by atoms with E-state index in [-0.39, 0.29) is 6.04 Å². The third-order valence-corrected chi connectivity index (χ3v) is 2.32. The maximum atomic E-state index is 10.2. The lowest BCUT2D eigenvalue weighted by Gasteiger charge is -2.30. The lowest BCUT2D eigenvalue weighted by Crippen LogP contribution is -2.47. The summed E-state index contributed by atoms with van der Waals surface area (Å²) in [5.74, 6) is 0. The van der Waals surface area contributed by atoms with Crippen molar-refractivity contribution < 1.29 is 13.2 Å². The Kier molecular flexibility index (Phi) is 1.82. The first-order valence-electron chi connectivity index (χ1n) is 2.62. The van der Waals surface area contributed by atoms with Crippen LogP contribution in [0.5, 0.6) is 0 Å². The van der Waals surface area contributed by atoms with E-state index < -0.39 is 10.9 Å². The number of aldehydes is 1. The summed E-state index contributed by atoms with van der Waals surface area (Å²) < 4.78 is 21.5. The first-order valence-corrected chi connectivity index (χ1v) is 3.75. The van der Waals surface area contributed by atoms with Gasteiger partial charge in [-0.15, -0.1) is 0 Å². The molecule has 5 heteroatoms. The maximum Gasteiger partial charge on any atom is 0.204 e. The Morgan fingerprint density at radius 2 is 2.22 bits per heavy atom. The molecular weight excluding hydrogens is 142 g/mol. The second-order valence-corrected chi connectivity index (χ2v) is 2.88. The van der Waals surface area contributed by atoms with Gasteiger partial charge in [0.1, 0.15) is 6.29 Å². The molecule has 1 atom stereocenters. The van der Waals surface area contributed by atoms with Gasteiger partial charge in [-0.25, -0.2) is 8.42 Å². The Labute approximate surface area is 54.5 Å². The average Bonchev–Trinajstić information content (AvgIpc) is 1.61. The third kappa shape index (κ3) is 1.11. The van der Waals surface area contributed by atoms with Crippen LogP contribution in [0.2, 0.25) is 0 Å². The summed E-state index contributed by atoms with van der Waals surface area (Å²) >= 11 is 0. The first-order chi connectivity index (χ1) is 4.25. The molecule has 0 radical (unpaired) electrons. The van der Waals surface area contributed by atoms with Crippen molar-refractivity contribution in [2.24, 2.45) is 0 Å². The highest BCUT2D eigenvalue weighted by atomic mass is 32.2. The van der Waals surface area contributed by atoms with Gasteiger partial charge in [-0.1, -0.05) is 0 Å². The summed E-state index contributed by atoms with van der Waals surface area (Å²) in [5, 5.41) is 0. The van der Waals surface area contributed by atoms with E-state index in [1.165, 1.54) is 0 Å². The molecule has 0 aromatic heterocycles. The number of nitrogens with zero attached hydrogens (tertiary/aromatic N) is 1. The number of rotatable bonds is 2. The van der Waals surface area contributed by atoms with Crippen LogP contribution in [0.1, 0.15) is 6.42 Å². The molecule has 0 aromatic carbocycles. The standard InChI is InChI=1S/C4H7NO3S/c6-3-4-1-2-5(4)9(7)8/h3-4,9H,1-2H2. The smallest absolute Gasteiger partial charge is 0.204 e. The number of hydrogen-bond donors (Lipinski definition) is 1. The van der Waals surface area contributed by atoms with Gasteiger partial charge in [-0.2, -0.15) is 4.31 Å². The molecule has 0 N–H and O–H groups in total. The van der Waals surface area contributed by atoms with Crippen LogP contribution in [0, 0.1) is 0 Å². The van der Waals surface area contributed by atoms with E-state index in [0.29, 0.717) is 19.3 Å².